The standard InChI is InChI=1S/C23H36O4/c1-3-4-5-6-7-8-9-11-14-20-17-16-19(2)21(20)15-12-10-13-18-23(26,27)22(24)25/h11-14,19,26-27H,3-9,15-18H2,1-2H3,(H,24,25)/t10?,19-/m0/s1. The quantitative estimate of drug-likeness (QED) is 0.232. The topological polar surface area (TPSA) is 77.8 Å². The summed E-state index contributed by atoms with van der Waals surface area (Å²) in [5.41, 5.74) is 5.70. The average Bonchev–Trinajstić information content (AvgIpc) is 2.97. The third-order valence-corrected chi connectivity index (χ3v) is 5.18. The van der Waals surface area contributed by atoms with Crippen molar-refractivity contribution in [2.24, 2.45) is 5.92 Å². The summed E-state index contributed by atoms with van der Waals surface area (Å²) in [6, 6.07) is 0. The molecule has 0 unspecified atom stereocenters. The summed E-state index contributed by atoms with van der Waals surface area (Å²) in [5, 5.41) is 27.1. The molecule has 3 N–H and O–H groups in total. The first-order valence-corrected chi connectivity index (χ1v) is 10.3. The zero-order valence-corrected chi connectivity index (χ0v) is 16.9. The summed E-state index contributed by atoms with van der Waals surface area (Å²) in [6.07, 6.45) is 19.5. The van der Waals surface area contributed by atoms with Crippen LogP contribution in [0.25, 0.3) is 0 Å². The lowest BCUT2D eigenvalue weighted by Crippen LogP contribution is -2.37. The van der Waals surface area contributed by atoms with Gasteiger partial charge in [0.15, 0.2) is 0 Å². The Morgan fingerprint density at radius 3 is 2.59 bits per heavy atom. The molecule has 0 aromatic heterocycles. The number of unbranched alkanes of at least 4 members (excludes halogenated alkanes) is 6. The van der Waals surface area contributed by atoms with E-state index in [1.807, 2.05) is 6.08 Å². The zero-order valence-electron chi connectivity index (χ0n) is 16.9. The van der Waals surface area contributed by atoms with Gasteiger partial charge in [-0.3, -0.25) is 0 Å². The molecular weight excluding hydrogens is 340 g/mol. The van der Waals surface area contributed by atoms with Gasteiger partial charge in [0.25, 0.3) is 5.79 Å². The second-order valence-corrected chi connectivity index (χ2v) is 7.55. The smallest absolute Gasteiger partial charge is 0.364 e. The van der Waals surface area contributed by atoms with E-state index in [-0.39, 0.29) is 6.42 Å². The molecule has 0 saturated carbocycles. The van der Waals surface area contributed by atoms with E-state index in [2.05, 4.69) is 31.7 Å². The van der Waals surface area contributed by atoms with E-state index < -0.39 is 11.8 Å². The number of rotatable bonds is 13. The lowest BCUT2D eigenvalue weighted by atomic mass is 9.99. The lowest BCUT2D eigenvalue weighted by Gasteiger charge is -2.12. The number of aliphatic hydroxyl groups is 2. The molecule has 4 heteroatoms. The van der Waals surface area contributed by atoms with E-state index in [1.165, 1.54) is 62.2 Å². The van der Waals surface area contributed by atoms with Gasteiger partial charge in [-0.2, -0.15) is 0 Å². The number of allylic oxidation sites excluding steroid dienone is 4. The normalized spacial score (nSPS) is 17.4. The predicted octanol–water partition coefficient (Wildman–Crippen LogP) is 5.28. The van der Waals surface area contributed by atoms with Crippen LogP contribution in [0.4, 0.5) is 0 Å². The van der Waals surface area contributed by atoms with E-state index in [1.54, 1.807) is 0 Å². The van der Waals surface area contributed by atoms with Crippen molar-refractivity contribution in [1.29, 1.82) is 0 Å². The highest BCUT2D eigenvalue weighted by Gasteiger charge is 2.31. The fourth-order valence-electron chi connectivity index (χ4n) is 3.35. The predicted molar refractivity (Wildman–Crippen MR) is 109 cm³/mol. The van der Waals surface area contributed by atoms with Gasteiger partial charge >= 0.3 is 5.97 Å². The second kappa shape index (κ2) is 12.7. The minimum atomic E-state index is -2.72. The Kier molecular flexibility index (Phi) is 11.0. The molecular formula is C23H36O4. The maximum absolute atomic E-state index is 10.6. The van der Waals surface area contributed by atoms with Crippen LogP contribution in [-0.2, 0) is 4.79 Å². The molecule has 0 aromatic rings. The minimum Gasteiger partial charge on any atom is -0.477 e. The van der Waals surface area contributed by atoms with Crippen LogP contribution in [0.5, 0.6) is 0 Å². The highest BCUT2D eigenvalue weighted by Crippen LogP contribution is 2.34. The fourth-order valence-corrected chi connectivity index (χ4v) is 3.35. The lowest BCUT2D eigenvalue weighted by molar-refractivity contribution is -0.201. The Balaban J connectivity index is 2.47. The summed E-state index contributed by atoms with van der Waals surface area (Å²) < 4.78 is 0. The Morgan fingerprint density at radius 1 is 1.19 bits per heavy atom. The molecule has 1 rings (SSSR count). The third-order valence-electron chi connectivity index (χ3n) is 5.18. The molecule has 4 nitrogen and oxygen atoms in total. The van der Waals surface area contributed by atoms with Crippen molar-refractivity contribution in [3.05, 3.63) is 41.2 Å². The maximum atomic E-state index is 10.6. The third kappa shape index (κ3) is 9.23. The molecule has 0 saturated heterocycles. The second-order valence-electron chi connectivity index (χ2n) is 7.55. The van der Waals surface area contributed by atoms with Crippen LogP contribution in [0.3, 0.4) is 0 Å². The van der Waals surface area contributed by atoms with Crippen LogP contribution < -0.4 is 0 Å². The molecule has 0 fully saturated rings. The molecule has 0 spiro atoms. The summed E-state index contributed by atoms with van der Waals surface area (Å²) in [5.74, 6) is -3.82. The summed E-state index contributed by atoms with van der Waals surface area (Å²) in [6.45, 7) is 4.47. The number of carboxylic acids is 1. The van der Waals surface area contributed by atoms with Crippen molar-refractivity contribution < 1.29 is 20.1 Å². The number of carboxylic acid groups (broad SMARTS) is 1. The van der Waals surface area contributed by atoms with Crippen LogP contribution in [0.15, 0.2) is 41.2 Å². The fraction of sp³-hybridized carbons (Fsp3) is 0.652. The van der Waals surface area contributed by atoms with Crippen molar-refractivity contribution in [2.45, 2.75) is 90.3 Å². The molecule has 0 heterocycles. The van der Waals surface area contributed by atoms with Crippen molar-refractivity contribution in [1.82, 2.24) is 0 Å². The largest absolute Gasteiger partial charge is 0.477 e. The summed E-state index contributed by atoms with van der Waals surface area (Å²) in [4.78, 5) is 10.6. The van der Waals surface area contributed by atoms with Crippen LogP contribution in [-0.4, -0.2) is 27.1 Å². The Labute approximate surface area is 164 Å². The maximum Gasteiger partial charge on any atom is 0.364 e. The molecule has 1 atom stereocenters. The van der Waals surface area contributed by atoms with Crippen molar-refractivity contribution in [2.75, 3.05) is 0 Å². The minimum absolute atomic E-state index is 0.377. The van der Waals surface area contributed by atoms with Gasteiger partial charge in [-0.25, -0.2) is 4.79 Å². The van der Waals surface area contributed by atoms with Gasteiger partial charge in [-0.15, -0.1) is 5.73 Å². The van der Waals surface area contributed by atoms with Crippen LogP contribution in [0, 0.1) is 5.92 Å². The summed E-state index contributed by atoms with van der Waals surface area (Å²) in [7, 11) is 0. The average molecular weight is 377 g/mol. The van der Waals surface area contributed by atoms with Gasteiger partial charge in [0.05, 0.1) is 0 Å². The van der Waals surface area contributed by atoms with Crippen LogP contribution in [0.1, 0.15) is 84.5 Å². The Hall–Kier alpha value is -1.61. The molecule has 152 valence electrons. The van der Waals surface area contributed by atoms with Gasteiger partial charge in [-0.1, -0.05) is 63.7 Å². The molecule has 0 bridgehead atoms. The highest BCUT2D eigenvalue weighted by atomic mass is 16.5. The summed E-state index contributed by atoms with van der Waals surface area (Å²) >= 11 is 0. The van der Waals surface area contributed by atoms with Gasteiger partial charge in [0.2, 0.25) is 0 Å². The number of hydrogen-bond donors (Lipinski definition) is 3. The number of aliphatic carboxylic acids is 1. The highest BCUT2D eigenvalue weighted by molar-refractivity contribution is 5.75. The van der Waals surface area contributed by atoms with Gasteiger partial charge < -0.3 is 15.3 Å². The van der Waals surface area contributed by atoms with E-state index in [9.17, 15) is 15.0 Å². The van der Waals surface area contributed by atoms with Gasteiger partial charge in [-0.05, 0) is 55.7 Å². The molecule has 0 aliphatic heterocycles. The van der Waals surface area contributed by atoms with E-state index in [0.29, 0.717) is 5.92 Å². The molecule has 0 amide bonds. The first-order valence-electron chi connectivity index (χ1n) is 10.3. The molecule has 0 radical (unpaired) electrons. The molecule has 1 aliphatic carbocycles. The van der Waals surface area contributed by atoms with E-state index in [4.69, 9.17) is 5.11 Å². The van der Waals surface area contributed by atoms with Gasteiger partial charge in [0, 0.05) is 6.42 Å². The van der Waals surface area contributed by atoms with Crippen molar-refractivity contribution in [3.8, 4) is 0 Å². The van der Waals surface area contributed by atoms with Crippen LogP contribution in [0.2, 0.25) is 0 Å². The first-order chi connectivity index (χ1) is 12.9. The van der Waals surface area contributed by atoms with Crippen molar-refractivity contribution in [3.63, 3.8) is 0 Å². The molecule has 1 aliphatic rings. The SMILES string of the molecule is CCCCCCCCC=CC1=C(CC=C=CCC(O)(O)C(=O)O)[C@@H](C)CC1. The first kappa shape index (κ1) is 23.4. The van der Waals surface area contributed by atoms with Crippen molar-refractivity contribution >= 4 is 5.97 Å². The van der Waals surface area contributed by atoms with E-state index >= 15 is 0 Å². The zero-order chi connectivity index (χ0) is 20.1. The Bertz CT molecular complexity index is 577. The molecule has 0 aromatic carbocycles. The van der Waals surface area contributed by atoms with Crippen LogP contribution >= 0.6 is 0 Å². The van der Waals surface area contributed by atoms with Gasteiger partial charge in [0.1, 0.15) is 0 Å². The molecule has 27 heavy (non-hydrogen) atoms. The number of carbonyl (C=O) groups is 1. The Morgan fingerprint density at radius 2 is 1.89 bits per heavy atom. The van der Waals surface area contributed by atoms with E-state index in [0.717, 1.165) is 19.3 Å². The number of hydrogen-bond acceptors (Lipinski definition) is 3. The monoisotopic (exact) mass is 376 g/mol.